The zero-order valence-electron chi connectivity index (χ0n) is 16.3. The van der Waals surface area contributed by atoms with Crippen molar-refractivity contribution in [2.75, 3.05) is 0 Å². The van der Waals surface area contributed by atoms with Crippen LogP contribution < -0.4 is 4.84 Å². The van der Waals surface area contributed by atoms with Gasteiger partial charge in [0.15, 0.2) is 17.2 Å². The second kappa shape index (κ2) is 7.71. The summed E-state index contributed by atoms with van der Waals surface area (Å²) < 4.78 is 1.75. The number of hydrogen-bond acceptors (Lipinski definition) is 6. The van der Waals surface area contributed by atoms with Crippen molar-refractivity contribution in [3.8, 4) is 5.75 Å². The highest BCUT2D eigenvalue weighted by molar-refractivity contribution is 5.96. The molecule has 2 aromatic carbocycles. The van der Waals surface area contributed by atoms with Gasteiger partial charge in [0.1, 0.15) is 11.4 Å². The van der Waals surface area contributed by atoms with Gasteiger partial charge in [-0.1, -0.05) is 35.5 Å². The third-order valence-electron chi connectivity index (χ3n) is 4.76. The monoisotopic (exact) mass is 394 g/mol. The Balaban J connectivity index is 1.43. The highest BCUT2D eigenvalue weighted by Gasteiger charge is 2.11. The standard InChI is InChI=1S/C23H18N6O/c1-16(28-30-19-7-3-2-4-8-19)20-11-12-22-25-26-23(29(22)27-20)15-17-9-10-21-18(14-17)6-5-13-24-21/h2-14H,15H2,1H3/b28-16-. The first-order valence-corrected chi connectivity index (χ1v) is 9.58. The normalized spacial score (nSPS) is 11.8. The molecule has 0 unspecified atom stereocenters. The van der Waals surface area contributed by atoms with E-state index in [0.717, 1.165) is 22.3 Å². The summed E-state index contributed by atoms with van der Waals surface area (Å²) in [5.74, 6) is 1.43. The van der Waals surface area contributed by atoms with Gasteiger partial charge in [-0.3, -0.25) is 4.98 Å². The number of fused-ring (bicyclic) bond motifs is 2. The quantitative estimate of drug-likeness (QED) is 0.332. The zero-order valence-corrected chi connectivity index (χ0v) is 16.3. The Morgan fingerprint density at radius 2 is 1.87 bits per heavy atom. The van der Waals surface area contributed by atoms with E-state index in [-0.39, 0.29) is 0 Å². The van der Waals surface area contributed by atoms with Crippen LogP contribution in [0, 0.1) is 0 Å². The lowest BCUT2D eigenvalue weighted by Gasteiger charge is -2.04. The third-order valence-corrected chi connectivity index (χ3v) is 4.76. The van der Waals surface area contributed by atoms with Crippen LogP contribution in [-0.4, -0.2) is 30.5 Å². The van der Waals surface area contributed by atoms with Gasteiger partial charge in [0.05, 0.1) is 5.52 Å². The molecule has 0 saturated carbocycles. The number of aromatic nitrogens is 5. The maximum Gasteiger partial charge on any atom is 0.177 e. The van der Waals surface area contributed by atoms with Crippen LogP contribution in [-0.2, 0) is 6.42 Å². The summed E-state index contributed by atoms with van der Waals surface area (Å²) in [7, 11) is 0. The Bertz CT molecular complexity index is 1360. The molecule has 0 aliphatic heterocycles. The number of para-hydroxylation sites is 1. The Morgan fingerprint density at radius 3 is 2.77 bits per heavy atom. The lowest BCUT2D eigenvalue weighted by molar-refractivity contribution is 0.341. The highest BCUT2D eigenvalue weighted by Crippen LogP contribution is 2.16. The molecule has 0 aliphatic rings. The smallest absolute Gasteiger partial charge is 0.177 e. The van der Waals surface area contributed by atoms with Gasteiger partial charge in [-0.15, -0.1) is 10.2 Å². The molecule has 0 spiro atoms. The van der Waals surface area contributed by atoms with Crippen LogP contribution in [0.25, 0.3) is 16.6 Å². The minimum atomic E-state index is 0.610. The number of pyridine rings is 1. The van der Waals surface area contributed by atoms with Crippen LogP contribution >= 0.6 is 0 Å². The van der Waals surface area contributed by atoms with Crippen molar-refractivity contribution in [2.45, 2.75) is 13.3 Å². The predicted molar refractivity (Wildman–Crippen MR) is 115 cm³/mol. The van der Waals surface area contributed by atoms with Crippen LogP contribution in [0.3, 0.4) is 0 Å². The molecule has 0 radical (unpaired) electrons. The topological polar surface area (TPSA) is 77.6 Å². The largest absolute Gasteiger partial charge is 0.357 e. The summed E-state index contributed by atoms with van der Waals surface area (Å²) in [5, 5.41) is 18.5. The number of benzene rings is 2. The van der Waals surface area contributed by atoms with Gasteiger partial charge in [0, 0.05) is 18.0 Å². The van der Waals surface area contributed by atoms with Crippen molar-refractivity contribution >= 4 is 22.3 Å². The molecule has 0 atom stereocenters. The molecule has 0 aliphatic carbocycles. The Morgan fingerprint density at radius 1 is 0.967 bits per heavy atom. The van der Waals surface area contributed by atoms with E-state index in [1.165, 1.54) is 0 Å². The third kappa shape index (κ3) is 3.60. The fraction of sp³-hybridized carbons (Fsp3) is 0.0870. The molecule has 0 saturated heterocycles. The maximum absolute atomic E-state index is 5.48. The van der Waals surface area contributed by atoms with Crippen molar-refractivity contribution < 1.29 is 4.84 Å². The van der Waals surface area contributed by atoms with Crippen LogP contribution in [0.4, 0.5) is 0 Å². The molecule has 5 rings (SSSR count). The van der Waals surface area contributed by atoms with E-state index in [1.807, 2.05) is 61.5 Å². The maximum atomic E-state index is 5.48. The second-order valence-corrected chi connectivity index (χ2v) is 6.89. The van der Waals surface area contributed by atoms with E-state index in [1.54, 1.807) is 10.7 Å². The predicted octanol–water partition coefficient (Wildman–Crippen LogP) is 4.07. The fourth-order valence-electron chi connectivity index (χ4n) is 3.20. The summed E-state index contributed by atoms with van der Waals surface area (Å²) in [6.45, 7) is 1.86. The molecule has 3 aromatic heterocycles. The molecule has 5 aromatic rings. The summed E-state index contributed by atoms with van der Waals surface area (Å²) in [6.07, 6.45) is 2.41. The summed E-state index contributed by atoms with van der Waals surface area (Å²) >= 11 is 0. The fourth-order valence-corrected chi connectivity index (χ4v) is 3.20. The first-order valence-electron chi connectivity index (χ1n) is 9.58. The molecule has 0 N–H and O–H groups in total. The van der Waals surface area contributed by atoms with Crippen LogP contribution in [0.1, 0.15) is 24.0 Å². The summed E-state index contributed by atoms with van der Waals surface area (Å²) in [4.78, 5) is 9.85. The highest BCUT2D eigenvalue weighted by atomic mass is 16.6. The van der Waals surface area contributed by atoms with Crippen LogP contribution in [0.5, 0.6) is 5.75 Å². The van der Waals surface area contributed by atoms with Crippen molar-refractivity contribution in [3.63, 3.8) is 0 Å². The lowest BCUT2D eigenvalue weighted by atomic mass is 10.1. The average molecular weight is 394 g/mol. The minimum absolute atomic E-state index is 0.610. The van der Waals surface area contributed by atoms with Crippen LogP contribution in [0.15, 0.2) is 84.1 Å². The molecule has 30 heavy (non-hydrogen) atoms. The van der Waals surface area contributed by atoms with Crippen molar-refractivity contribution in [1.29, 1.82) is 0 Å². The SMILES string of the molecule is C/C(=N/Oc1ccccc1)c1ccc2nnc(Cc3ccc4ncccc4c3)n2n1. The van der Waals surface area contributed by atoms with Gasteiger partial charge >= 0.3 is 0 Å². The van der Waals surface area contributed by atoms with Gasteiger partial charge in [-0.05, 0) is 55.0 Å². The van der Waals surface area contributed by atoms with Gasteiger partial charge in [0.2, 0.25) is 0 Å². The molecule has 7 heteroatoms. The lowest BCUT2D eigenvalue weighted by Crippen LogP contribution is -2.07. The zero-order chi connectivity index (χ0) is 20.3. The minimum Gasteiger partial charge on any atom is -0.357 e. The van der Waals surface area contributed by atoms with E-state index in [9.17, 15) is 0 Å². The van der Waals surface area contributed by atoms with E-state index < -0.39 is 0 Å². The first kappa shape index (κ1) is 17.9. The Kier molecular flexibility index (Phi) is 4.61. The number of nitrogens with zero attached hydrogens (tertiary/aromatic N) is 6. The van der Waals surface area contributed by atoms with Gasteiger partial charge in [-0.25, -0.2) is 0 Å². The molecular weight excluding hydrogens is 376 g/mol. The summed E-state index contributed by atoms with van der Waals surface area (Å²) in [6, 6.07) is 23.4. The van der Waals surface area contributed by atoms with Gasteiger partial charge < -0.3 is 4.84 Å². The Labute approximate surface area is 172 Å². The second-order valence-electron chi connectivity index (χ2n) is 6.89. The molecule has 7 nitrogen and oxygen atoms in total. The van der Waals surface area contributed by atoms with Crippen molar-refractivity contribution in [3.05, 3.63) is 96.1 Å². The van der Waals surface area contributed by atoms with E-state index in [0.29, 0.717) is 29.2 Å². The van der Waals surface area contributed by atoms with Crippen molar-refractivity contribution in [2.24, 2.45) is 5.16 Å². The molecule has 0 bridgehead atoms. The number of oxime groups is 1. The number of hydrogen-bond donors (Lipinski definition) is 0. The summed E-state index contributed by atoms with van der Waals surface area (Å²) in [5.41, 5.74) is 4.14. The molecular formula is C23H18N6O. The van der Waals surface area contributed by atoms with Crippen molar-refractivity contribution in [1.82, 2.24) is 24.8 Å². The average Bonchev–Trinajstić information content (AvgIpc) is 3.20. The first-order chi connectivity index (χ1) is 14.8. The Hall–Kier alpha value is -4.13. The molecule has 146 valence electrons. The van der Waals surface area contributed by atoms with E-state index in [2.05, 4.69) is 43.6 Å². The molecule has 0 amide bonds. The molecule has 3 heterocycles. The van der Waals surface area contributed by atoms with Gasteiger partial charge in [-0.2, -0.15) is 9.61 Å². The number of rotatable bonds is 5. The van der Waals surface area contributed by atoms with Crippen LogP contribution in [0.2, 0.25) is 0 Å². The van der Waals surface area contributed by atoms with Gasteiger partial charge in [0.25, 0.3) is 0 Å². The van der Waals surface area contributed by atoms with E-state index >= 15 is 0 Å². The molecule has 0 fully saturated rings. The van der Waals surface area contributed by atoms with E-state index in [4.69, 9.17) is 4.84 Å².